The molecule has 0 bridgehead atoms. The molecule has 0 aromatic carbocycles. The molecule has 1 N–H and O–H groups in total. The zero-order valence-electron chi connectivity index (χ0n) is 8.08. The highest BCUT2D eigenvalue weighted by Crippen LogP contribution is 2.26. The molecule has 0 aliphatic carbocycles. The van der Waals surface area contributed by atoms with Crippen LogP contribution in [0.25, 0.3) is 0 Å². The summed E-state index contributed by atoms with van der Waals surface area (Å²) in [6.45, 7) is 3.46. The molecule has 1 unspecified atom stereocenters. The number of rotatable bonds is 3. The minimum absolute atomic E-state index is 0.340. The molecular weight excluding hydrogens is 228 g/mol. The molecule has 0 spiro atoms. The molecule has 0 aromatic heterocycles. The lowest BCUT2D eigenvalue weighted by Crippen LogP contribution is -2.43. The Morgan fingerprint density at radius 3 is 2.50 bits per heavy atom. The van der Waals surface area contributed by atoms with E-state index in [1.165, 1.54) is 0 Å². The molecule has 5 nitrogen and oxygen atoms in total. The first-order valence-corrected chi connectivity index (χ1v) is 6.27. The van der Waals surface area contributed by atoms with Crippen molar-refractivity contribution in [2.75, 3.05) is 6.00 Å². The van der Waals surface area contributed by atoms with Crippen LogP contribution in [0.15, 0.2) is 0 Å². The van der Waals surface area contributed by atoms with Crippen molar-refractivity contribution in [3.8, 4) is 0 Å². The van der Waals surface area contributed by atoms with Crippen molar-refractivity contribution in [3.63, 3.8) is 0 Å². The van der Waals surface area contributed by atoms with Crippen LogP contribution in [0.5, 0.6) is 0 Å². The van der Waals surface area contributed by atoms with E-state index in [0.717, 1.165) is 6.42 Å². The van der Waals surface area contributed by atoms with E-state index in [0.29, 0.717) is 10.7 Å². The third-order valence-corrected chi connectivity index (χ3v) is 4.17. The fourth-order valence-electron chi connectivity index (χ4n) is 1.54. The molecule has 1 heterocycles. The molecule has 0 radical (unpaired) electrons. The molecule has 0 aromatic rings. The summed E-state index contributed by atoms with van der Waals surface area (Å²) in [5.41, 5.74) is -1.03. The molecule has 82 valence electrons. The van der Waals surface area contributed by atoms with E-state index in [9.17, 15) is 13.2 Å². The van der Waals surface area contributed by atoms with Gasteiger partial charge >= 0.3 is 10.2 Å². The molecule has 7 heteroatoms. The number of carbonyl (C=O) groups excluding carboxylic acids is 1. The van der Waals surface area contributed by atoms with E-state index in [1.807, 2.05) is 6.92 Å². The Bertz CT molecular complexity index is 343. The SMILES string of the molecule is CCCC1(C)NS(=O)(=O)N(CCl)C1=O. The van der Waals surface area contributed by atoms with Gasteiger partial charge in [-0.3, -0.25) is 4.79 Å². The van der Waals surface area contributed by atoms with Crippen molar-refractivity contribution < 1.29 is 13.2 Å². The number of alkyl halides is 1. The van der Waals surface area contributed by atoms with Gasteiger partial charge in [0.05, 0.1) is 0 Å². The highest BCUT2D eigenvalue weighted by molar-refractivity contribution is 7.88. The minimum Gasteiger partial charge on any atom is -0.272 e. The van der Waals surface area contributed by atoms with Crippen LogP contribution in [0, 0.1) is 0 Å². The summed E-state index contributed by atoms with van der Waals surface area (Å²) in [6, 6.07) is -0.340. The van der Waals surface area contributed by atoms with E-state index in [1.54, 1.807) is 6.92 Å². The van der Waals surface area contributed by atoms with Crippen LogP contribution in [0.4, 0.5) is 0 Å². The van der Waals surface area contributed by atoms with Crippen molar-refractivity contribution in [1.29, 1.82) is 0 Å². The summed E-state index contributed by atoms with van der Waals surface area (Å²) >= 11 is 5.40. The van der Waals surface area contributed by atoms with Crippen molar-refractivity contribution in [1.82, 2.24) is 9.03 Å². The Morgan fingerprint density at radius 1 is 1.57 bits per heavy atom. The molecule has 1 fully saturated rings. The Kier molecular flexibility index (Phi) is 3.08. The van der Waals surface area contributed by atoms with Gasteiger partial charge < -0.3 is 0 Å². The summed E-state index contributed by atoms with van der Waals surface area (Å²) in [4.78, 5) is 11.7. The Balaban J connectivity index is 3.04. The van der Waals surface area contributed by atoms with E-state index >= 15 is 0 Å². The quantitative estimate of drug-likeness (QED) is 0.574. The number of amides is 1. The van der Waals surface area contributed by atoms with E-state index in [4.69, 9.17) is 11.6 Å². The second-order valence-electron chi connectivity index (χ2n) is 3.46. The molecule has 1 saturated heterocycles. The van der Waals surface area contributed by atoms with E-state index in [2.05, 4.69) is 4.72 Å². The fraction of sp³-hybridized carbons (Fsp3) is 0.857. The second-order valence-corrected chi connectivity index (χ2v) is 5.30. The maximum Gasteiger partial charge on any atom is 0.305 e. The zero-order valence-corrected chi connectivity index (χ0v) is 9.65. The lowest BCUT2D eigenvalue weighted by molar-refractivity contribution is -0.129. The van der Waals surface area contributed by atoms with Gasteiger partial charge in [-0.25, -0.2) is 4.31 Å². The highest BCUT2D eigenvalue weighted by Gasteiger charge is 2.50. The third kappa shape index (κ3) is 1.74. The van der Waals surface area contributed by atoms with Crippen LogP contribution in [-0.2, 0) is 15.0 Å². The normalized spacial score (nSPS) is 31.1. The average Bonchev–Trinajstić information content (AvgIpc) is 2.19. The van der Waals surface area contributed by atoms with Crippen LogP contribution in [-0.4, -0.2) is 30.2 Å². The van der Waals surface area contributed by atoms with Crippen LogP contribution in [0.2, 0.25) is 0 Å². The van der Waals surface area contributed by atoms with Crippen LogP contribution in [0.1, 0.15) is 26.7 Å². The van der Waals surface area contributed by atoms with Crippen molar-refractivity contribution in [2.45, 2.75) is 32.2 Å². The number of nitrogens with zero attached hydrogens (tertiary/aromatic N) is 1. The van der Waals surface area contributed by atoms with Gasteiger partial charge in [-0.05, 0) is 13.3 Å². The topological polar surface area (TPSA) is 66.5 Å². The van der Waals surface area contributed by atoms with Gasteiger partial charge in [-0.1, -0.05) is 13.3 Å². The molecule has 14 heavy (non-hydrogen) atoms. The summed E-state index contributed by atoms with van der Waals surface area (Å²) in [7, 11) is -3.71. The third-order valence-electron chi connectivity index (χ3n) is 2.20. The molecule has 1 atom stereocenters. The van der Waals surface area contributed by atoms with Crippen molar-refractivity contribution >= 4 is 27.7 Å². The maximum absolute atomic E-state index is 11.7. The van der Waals surface area contributed by atoms with Crippen LogP contribution in [0.3, 0.4) is 0 Å². The monoisotopic (exact) mass is 240 g/mol. The fourth-order valence-corrected chi connectivity index (χ4v) is 3.46. The molecular formula is C7H13ClN2O3S. The number of nitrogens with one attached hydrogen (secondary N) is 1. The zero-order chi connectivity index (χ0) is 11.0. The first-order valence-electron chi connectivity index (χ1n) is 4.29. The summed E-state index contributed by atoms with van der Waals surface area (Å²) in [5.74, 6) is -0.477. The molecule has 1 aliphatic heterocycles. The lowest BCUT2D eigenvalue weighted by atomic mass is 9.97. The van der Waals surface area contributed by atoms with Crippen molar-refractivity contribution in [3.05, 3.63) is 0 Å². The second kappa shape index (κ2) is 3.67. The van der Waals surface area contributed by atoms with Crippen LogP contribution >= 0.6 is 11.6 Å². The first-order chi connectivity index (χ1) is 6.37. The number of hydrogen-bond acceptors (Lipinski definition) is 3. The maximum atomic E-state index is 11.7. The van der Waals surface area contributed by atoms with Gasteiger partial charge in [0.25, 0.3) is 5.91 Å². The first kappa shape index (κ1) is 11.7. The predicted molar refractivity (Wildman–Crippen MR) is 52.9 cm³/mol. The average molecular weight is 241 g/mol. The van der Waals surface area contributed by atoms with Gasteiger partial charge in [-0.15, -0.1) is 11.6 Å². The smallest absolute Gasteiger partial charge is 0.272 e. The lowest BCUT2D eigenvalue weighted by Gasteiger charge is -2.18. The summed E-state index contributed by atoms with van der Waals surface area (Å²) in [5, 5.41) is 0. The van der Waals surface area contributed by atoms with Gasteiger partial charge in [-0.2, -0.15) is 13.1 Å². The number of carbonyl (C=O) groups is 1. The Hall–Kier alpha value is -0.330. The highest BCUT2D eigenvalue weighted by atomic mass is 35.5. The van der Waals surface area contributed by atoms with E-state index in [-0.39, 0.29) is 6.00 Å². The molecule has 1 aliphatic rings. The molecule has 0 saturated carbocycles. The number of hydrogen-bond donors (Lipinski definition) is 1. The molecule has 1 amide bonds. The van der Waals surface area contributed by atoms with Crippen molar-refractivity contribution in [2.24, 2.45) is 0 Å². The standard InChI is InChI=1S/C7H13ClN2O3S/c1-3-4-7(2)6(11)10(5-8)14(12,13)9-7/h9H,3-5H2,1-2H3. The Labute approximate surface area is 88.6 Å². The van der Waals surface area contributed by atoms with Gasteiger partial charge in [0.2, 0.25) is 0 Å². The Morgan fingerprint density at radius 2 is 2.14 bits per heavy atom. The predicted octanol–water partition coefficient (Wildman–Crippen LogP) is 0.418. The van der Waals surface area contributed by atoms with Gasteiger partial charge in [0.1, 0.15) is 11.5 Å². The van der Waals surface area contributed by atoms with E-state index < -0.39 is 21.7 Å². The summed E-state index contributed by atoms with van der Waals surface area (Å²) < 4.78 is 25.8. The van der Waals surface area contributed by atoms with Gasteiger partial charge in [0.15, 0.2) is 0 Å². The molecule has 1 rings (SSSR count). The van der Waals surface area contributed by atoms with Gasteiger partial charge in [0, 0.05) is 0 Å². The summed E-state index contributed by atoms with van der Waals surface area (Å²) in [6.07, 6.45) is 1.19. The largest absolute Gasteiger partial charge is 0.305 e. The minimum atomic E-state index is -3.71. The number of halogens is 1. The van der Waals surface area contributed by atoms with Crippen LogP contribution < -0.4 is 4.72 Å².